The monoisotopic (exact) mass is 478 g/mol. The highest BCUT2D eigenvalue weighted by molar-refractivity contribution is 6.04. The molecule has 1 N–H and O–H groups in total. The Morgan fingerprint density at radius 3 is 2.51 bits per heavy atom. The Labute approximate surface area is 201 Å². The van der Waals surface area contributed by atoms with Gasteiger partial charge in [0, 0.05) is 44.0 Å². The van der Waals surface area contributed by atoms with Gasteiger partial charge in [-0.2, -0.15) is 0 Å². The lowest BCUT2D eigenvalue weighted by molar-refractivity contribution is 0.181. The van der Waals surface area contributed by atoms with Crippen molar-refractivity contribution in [2.45, 2.75) is 6.92 Å². The molecule has 9 heteroatoms. The van der Waals surface area contributed by atoms with Gasteiger partial charge in [0.2, 0.25) is 0 Å². The number of amidine groups is 1. The van der Waals surface area contributed by atoms with Crippen molar-refractivity contribution in [3.63, 3.8) is 0 Å². The molecule has 2 aliphatic heterocycles. The molecule has 0 atom stereocenters. The fraction of sp³-hybridized carbons (Fsp3) is 0.231. The van der Waals surface area contributed by atoms with Crippen LogP contribution >= 0.6 is 0 Å². The van der Waals surface area contributed by atoms with Crippen LogP contribution in [0.5, 0.6) is 17.2 Å². The number of fused-ring (bicyclic) bond motifs is 2. The van der Waals surface area contributed by atoms with E-state index >= 15 is 0 Å². The second kappa shape index (κ2) is 9.25. The van der Waals surface area contributed by atoms with Crippen LogP contribution < -0.4 is 14.8 Å². The number of rotatable bonds is 2. The average Bonchev–Trinajstić information content (AvgIpc) is 3.02. The Morgan fingerprint density at radius 1 is 0.971 bits per heavy atom. The molecule has 3 aromatic rings. The first-order valence-corrected chi connectivity index (χ1v) is 11.2. The second-order valence-electron chi connectivity index (χ2n) is 8.40. The molecule has 2 aliphatic rings. The Kier molecular flexibility index (Phi) is 5.98. The average molecular weight is 478 g/mol. The molecule has 35 heavy (non-hydrogen) atoms. The number of anilines is 1. The third-order valence-corrected chi connectivity index (χ3v) is 6.03. The third-order valence-electron chi connectivity index (χ3n) is 6.03. The summed E-state index contributed by atoms with van der Waals surface area (Å²) in [6.07, 6.45) is 0. The van der Waals surface area contributed by atoms with Crippen LogP contribution in [-0.2, 0) is 0 Å². The molecule has 0 radical (unpaired) electrons. The zero-order valence-electron chi connectivity index (χ0n) is 19.3. The van der Waals surface area contributed by atoms with E-state index in [1.165, 1.54) is 6.07 Å². The van der Waals surface area contributed by atoms with E-state index in [4.69, 9.17) is 14.5 Å². The molecular weight excluding hydrogens is 454 g/mol. The Balaban J connectivity index is 1.36. The van der Waals surface area contributed by atoms with Gasteiger partial charge in [-0.1, -0.05) is 6.07 Å². The van der Waals surface area contributed by atoms with Gasteiger partial charge in [-0.15, -0.1) is 0 Å². The van der Waals surface area contributed by atoms with E-state index in [0.717, 1.165) is 34.8 Å². The molecule has 0 unspecified atom stereocenters. The first-order valence-electron chi connectivity index (χ1n) is 11.2. The summed E-state index contributed by atoms with van der Waals surface area (Å²) in [4.78, 5) is 21.4. The van der Waals surface area contributed by atoms with E-state index in [0.29, 0.717) is 43.4 Å². The van der Waals surface area contributed by atoms with Crippen LogP contribution in [0, 0.1) is 18.6 Å². The minimum atomic E-state index is -1.01. The predicted octanol–water partition coefficient (Wildman–Crippen LogP) is 5.32. The number of aliphatic imine (C=N–C) groups is 1. The van der Waals surface area contributed by atoms with Gasteiger partial charge < -0.3 is 24.6 Å². The number of nitrogens with one attached hydrogen (secondary N) is 1. The van der Waals surface area contributed by atoms with Crippen LogP contribution in [0.15, 0.2) is 59.6 Å². The van der Waals surface area contributed by atoms with Crippen molar-refractivity contribution in [1.82, 2.24) is 9.80 Å². The van der Waals surface area contributed by atoms with E-state index in [1.54, 1.807) is 12.0 Å². The number of hydrogen-bond donors (Lipinski definition) is 1. The van der Waals surface area contributed by atoms with Gasteiger partial charge in [-0.05, 0) is 48.9 Å². The number of carbonyl (C=O) groups is 1. The van der Waals surface area contributed by atoms with E-state index in [2.05, 4.69) is 10.2 Å². The minimum absolute atomic E-state index is 0.205. The fourth-order valence-corrected chi connectivity index (χ4v) is 4.13. The maximum atomic E-state index is 13.5. The summed E-state index contributed by atoms with van der Waals surface area (Å²) in [5, 5.41) is 2.63. The quantitative estimate of drug-likeness (QED) is 0.542. The van der Waals surface area contributed by atoms with Crippen molar-refractivity contribution in [2.24, 2.45) is 4.99 Å². The van der Waals surface area contributed by atoms with Gasteiger partial charge in [0.1, 0.15) is 23.0 Å². The molecular formula is C26H24F2N4O3. The number of urea groups is 1. The van der Waals surface area contributed by atoms with E-state index in [1.807, 2.05) is 43.3 Å². The predicted molar refractivity (Wildman–Crippen MR) is 129 cm³/mol. The molecule has 0 bridgehead atoms. The summed E-state index contributed by atoms with van der Waals surface area (Å²) in [7, 11) is 1.61. The van der Waals surface area contributed by atoms with Gasteiger partial charge in [-0.3, -0.25) is 0 Å². The lowest BCUT2D eigenvalue weighted by Gasteiger charge is -2.36. The van der Waals surface area contributed by atoms with Crippen LogP contribution in [0.2, 0.25) is 0 Å². The first kappa shape index (κ1) is 22.6. The molecule has 0 spiro atoms. The fourth-order valence-electron chi connectivity index (χ4n) is 4.13. The van der Waals surface area contributed by atoms with Crippen molar-refractivity contribution in [1.29, 1.82) is 0 Å². The minimum Gasteiger partial charge on any atom is -0.497 e. The van der Waals surface area contributed by atoms with Gasteiger partial charge in [0.05, 0.1) is 12.7 Å². The summed E-state index contributed by atoms with van der Waals surface area (Å²) in [5.41, 5.74) is 2.82. The number of halogens is 2. The first-order chi connectivity index (χ1) is 16.9. The molecule has 0 saturated carbocycles. The van der Waals surface area contributed by atoms with Crippen LogP contribution in [0.4, 0.5) is 25.0 Å². The highest BCUT2D eigenvalue weighted by atomic mass is 19.2. The number of nitrogens with zero attached hydrogens (tertiary/aromatic N) is 3. The number of amides is 2. The van der Waals surface area contributed by atoms with Crippen LogP contribution in [0.3, 0.4) is 0 Å². The largest absolute Gasteiger partial charge is 0.497 e. The van der Waals surface area contributed by atoms with Crippen molar-refractivity contribution in [3.05, 3.63) is 77.4 Å². The molecule has 2 amide bonds. The molecule has 2 heterocycles. The highest BCUT2D eigenvalue weighted by Gasteiger charge is 2.28. The van der Waals surface area contributed by atoms with Crippen molar-refractivity contribution >= 4 is 23.2 Å². The Hall–Kier alpha value is -4.14. The number of aryl methyl sites for hydroxylation is 1. The molecule has 0 aliphatic carbocycles. The SMILES string of the molecule is COc1ccc2c(c1)Oc1cc(C)ccc1N=C2N1CCN(C(=O)Nc2ccc(F)c(F)c2)CC1. The van der Waals surface area contributed by atoms with Gasteiger partial charge in [-0.25, -0.2) is 18.6 Å². The normalized spacial score (nSPS) is 14.8. The number of hydrogen-bond acceptors (Lipinski definition) is 5. The molecule has 7 nitrogen and oxygen atoms in total. The molecule has 0 aromatic heterocycles. The topological polar surface area (TPSA) is 66.4 Å². The molecule has 180 valence electrons. The zero-order chi connectivity index (χ0) is 24.5. The highest BCUT2D eigenvalue weighted by Crippen LogP contribution is 2.40. The van der Waals surface area contributed by atoms with Crippen molar-refractivity contribution in [3.8, 4) is 17.2 Å². The number of ether oxygens (including phenoxy) is 2. The molecule has 3 aromatic carbocycles. The van der Waals surface area contributed by atoms with Crippen molar-refractivity contribution < 1.29 is 23.0 Å². The lowest BCUT2D eigenvalue weighted by atomic mass is 10.1. The van der Waals surface area contributed by atoms with E-state index < -0.39 is 11.6 Å². The third kappa shape index (κ3) is 4.62. The van der Waals surface area contributed by atoms with Gasteiger partial charge in [0.25, 0.3) is 0 Å². The lowest BCUT2D eigenvalue weighted by Crippen LogP contribution is -2.51. The smallest absolute Gasteiger partial charge is 0.321 e. The van der Waals surface area contributed by atoms with Crippen LogP contribution in [-0.4, -0.2) is 55.0 Å². The van der Waals surface area contributed by atoms with Crippen molar-refractivity contribution in [2.75, 3.05) is 38.6 Å². The number of methoxy groups -OCH3 is 1. The maximum absolute atomic E-state index is 13.5. The summed E-state index contributed by atoms with van der Waals surface area (Å²) < 4.78 is 38.3. The van der Waals surface area contributed by atoms with Gasteiger partial charge in [0.15, 0.2) is 17.4 Å². The zero-order valence-corrected chi connectivity index (χ0v) is 19.3. The van der Waals surface area contributed by atoms with Crippen LogP contribution in [0.25, 0.3) is 0 Å². The van der Waals surface area contributed by atoms with Gasteiger partial charge >= 0.3 is 6.03 Å². The Morgan fingerprint density at radius 2 is 1.77 bits per heavy atom. The summed E-state index contributed by atoms with van der Waals surface area (Å²) >= 11 is 0. The number of piperazine rings is 1. The van der Waals surface area contributed by atoms with E-state index in [9.17, 15) is 13.6 Å². The molecule has 1 fully saturated rings. The summed E-state index contributed by atoms with van der Waals surface area (Å²) in [6.45, 7) is 3.94. The number of carbonyl (C=O) groups excluding carboxylic acids is 1. The molecule has 5 rings (SSSR count). The standard InChI is InChI=1S/C26H24F2N4O3/c1-16-3-8-22-24(13-16)35-23-15-18(34-2)5-6-19(23)25(30-22)31-9-11-32(12-10-31)26(33)29-17-4-7-20(27)21(28)14-17/h3-8,13-15H,9-12H2,1-2H3,(H,29,33). The Bertz CT molecular complexity index is 1320. The van der Waals surface area contributed by atoms with Crippen LogP contribution in [0.1, 0.15) is 11.1 Å². The maximum Gasteiger partial charge on any atom is 0.321 e. The summed E-state index contributed by atoms with van der Waals surface area (Å²) in [6, 6.07) is 14.4. The number of benzene rings is 3. The second-order valence-corrected chi connectivity index (χ2v) is 8.40. The van der Waals surface area contributed by atoms with E-state index in [-0.39, 0.29) is 11.7 Å². The molecule has 1 saturated heterocycles. The summed E-state index contributed by atoms with van der Waals surface area (Å²) in [5.74, 6) is 0.778.